The molecule has 76 valence electrons. The molecule has 0 saturated heterocycles. The minimum Gasteiger partial charge on any atom is -0.299 e. The molecule has 1 aromatic carbocycles. The highest BCUT2D eigenvalue weighted by Crippen LogP contribution is 2.13. The molecule has 1 aromatic rings. The van der Waals surface area contributed by atoms with Crippen LogP contribution in [0.1, 0.15) is 25.8 Å². The lowest BCUT2D eigenvalue weighted by atomic mass is 9.95. The maximum atomic E-state index is 13.2. The van der Waals surface area contributed by atoms with E-state index < -0.39 is 0 Å². The normalized spacial score (nSPS) is 12.5. The summed E-state index contributed by atoms with van der Waals surface area (Å²) < 4.78 is 13.2. The highest BCUT2D eigenvalue weighted by Gasteiger charge is 2.13. The van der Waals surface area contributed by atoms with Gasteiger partial charge < -0.3 is 0 Å². The number of carbonyl (C=O) groups is 1. The van der Waals surface area contributed by atoms with Crippen LogP contribution in [0.2, 0.25) is 0 Å². The standard InChI is InChI=1S/C12H15FO/c1-3-12(14)9(2)8-10-6-4-5-7-11(10)13/h4-7,9H,3,8H2,1-2H3. The van der Waals surface area contributed by atoms with Crippen molar-refractivity contribution in [3.8, 4) is 0 Å². The van der Waals surface area contributed by atoms with E-state index in [1.54, 1.807) is 18.2 Å². The fourth-order valence-corrected chi connectivity index (χ4v) is 1.46. The molecule has 14 heavy (non-hydrogen) atoms. The molecule has 0 fully saturated rings. The molecule has 0 spiro atoms. The van der Waals surface area contributed by atoms with Crippen LogP contribution in [0.25, 0.3) is 0 Å². The summed E-state index contributed by atoms with van der Waals surface area (Å²) in [6, 6.07) is 6.61. The summed E-state index contributed by atoms with van der Waals surface area (Å²) in [6.45, 7) is 3.68. The Kier molecular flexibility index (Phi) is 3.81. The second-order valence-corrected chi connectivity index (χ2v) is 3.52. The van der Waals surface area contributed by atoms with Gasteiger partial charge in [0.15, 0.2) is 0 Å². The van der Waals surface area contributed by atoms with Crippen LogP contribution in [-0.4, -0.2) is 5.78 Å². The molecule has 0 saturated carbocycles. The van der Waals surface area contributed by atoms with Gasteiger partial charge in [0.05, 0.1) is 0 Å². The van der Waals surface area contributed by atoms with Gasteiger partial charge in [-0.2, -0.15) is 0 Å². The first-order valence-corrected chi connectivity index (χ1v) is 4.91. The topological polar surface area (TPSA) is 17.1 Å². The number of Topliss-reactive ketones (excluding diaryl/α,β-unsaturated/α-hetero) is 1. The van der Waals surface area contributed by atoms with Crippen LogP contribution in [0.5, 0.6) is 0 Å². The minimum absolute atomic E-state index is 0.0862. The summed E-state index contributed by atoms with van der Waals surface area (Å²) in [5.74, 6) is -0.117. The number of rotatable bonds is 4. The number of hydrogen-bond donors (Lipinski definition) is 0. The number of hydrogen-bond acceptors (Lipinski definition) is 1. The van der Waals surface area contributed by atoms with Crippen LogP contribution in [-0.2, 0) is 11.2 Å². The predicted molar refractivity (Wildman–Crippen MR) is 54.6 cm³/mol. The lowest BCUT2D eigenvalue weighted by molar-refractivity contribution is -0.122. The molecule has 0 heterocycles. The van der Waals surface area contributed by atoms with Crippen LogP contribution >= 0.6 is 0 Å². The van der Waals surface area contributed by atoms with Crippen molar-refractivity contribution in [3.05, 3.63) is 35.6 Å². The molecule has 0 aliphatic heterocycles. The van der Waals surface area contributed by atoms with Crippen LogP contribution in [0.15, 0.2) is 24.3 Å². The minimum atomic E-state index is -0.219. The smallest absolute Gasteiger partial charge is 0.135 e. The second kappa shape index (κ2) is 4.89. The second-order valence-electron chi connectivity index (χ2n) is 3.52. The van der Waals surface area contributed by atoms with Crippen molar-refractivity contribution >= 4 is 5.78 Å². The molecule has 2 heteroatoms. The van der Waals surface area contributed by atoms with E-state index in [1.807, 2.05) is 13.8 Å². The van der Waals surface area contributed by atoms with Gasteiger partial charge in [-0.05, 0) is 18.1 Å². The van der Waals surface area contributed by atoms with Crippen molar-refractivity contribution in [1.82, 2.24) is 0 Å². The van der Waals surface area contributed by atoms with Crippen LogP contribution in [0, 0.1) is 11.7 Å². The van der Waals surface area contributed by atoms with Crippen molar-refractivity contribution in [1.29, 1.82) is 0 Å². The fourth-order valence-electron chi connectivity index (χ4n) is 1.46. The van der Waals surface area contributed by atoms with E-state index in [-0.39, 0.29) is 17.5 Å². The molecular formula is C12H15FO. The van der Waals surface area contributed by atoms with Crippen molar-refractivity contribution in [2.45, 2.75) is 26.7 Å². The predicted octanol–water partition coefficient (Wildman–Crippen LogP) is 2.98. The average molecular weight is 194 g/mol. The van der Waals surface area contributed by atoms with Gasteiger partial charge in [0.2, 0.25) is 0 Å². The Bertz CT molecular complexity index is 320. The molecule has 0 aliphatic carbocycles. The summed E-state index contributed by atoms with van der Waals surface area (Å²) >= 11 is 0. The van der Waals surface area contributed by atoms with Gasteiger partial charge in [-0.1, -0.05) is 32.0 Å². The van der Waals surface area contributed by atoms with Gasteiger partial charge in [-0.3, -0.25) is 4.79 Å². The SMILES string of the molecule is CCC(=O)C(C)Cc1ccccc1F. The van der Waals surface area contributed by atoms with Crippen molar-refractivity contribution in [3.63, 3.8) is 0 Å². The quantitative estimate of drug-likeness (QED) is 0.720. The Hall–Kier alpha value is -1.18. The molecule has 1 atom stereocenters. The summed E-state index contributed by atoms with van der Waals surface area (Å²) in [5, 5.41) is 0. The average Bonchev–Trinajstić information content (AvgIpc) is 2.20. The molecule has 1 nitrogen and oxygen atoms in total. The summed E-state index contributed by atoms with van der Waals surface area (Å²) in [4.78, 5) is 11.3. The first-order valence-electron chi connectivity index (χ1n) is 4.91. The zero-order valence-corrected chi connectivity index (χ0v) is 8.59. The van der Waals surface area contributed by atoms with E-state index in [0.29, 0.717) is 18.4 Å². The third-order valence-electron chi connectivity index (χ3n) is 2.38. The van der Waals surface area contributed by atoms with E-state index in [9.17, 15) is 9.18 Å². The highest BCUT2D eigenvalue weighted by molar-refractivity contribution is 5.80. The molecule has 0 radical (unpaired) electrons. The Morgan fingerprint density at radius 3 is 2.64 bits per heavy atom. The van der Waals surface area contributed by atoms with Gasteiger partial charge in [-0.15, -0.1) is 0 Å². The maximum Gasteiger partial charge on any atom is 0.135 e. The Labute approximate surface area is 83.9 Å². The number of halogens is 1. The Morgan fingerprint density at radius 2 is 2.07 bits per heavy atom. The number of ketones is 1. The third kappa shape index (κ3) is 2.66. The van der Waals surface area contributed by atoms with Crippen molar-refractivity contribution in [2.75, 3.05) is 0 Å². The molecule has 1 unspecified atom stereocenters. The molecule has 0 aliphatic rings. The molecule has 1 rings (SSSR count). The first-order chi connectivity index (χ1) is 6.65. The zero-order chi connectivity index (χ0) is 10.6. The number of carbonyl (C=O) groups excluding carboxylic acids is 1. The fraction of sp³-hybridized carbons (Fsp3) is 0.417. The monoisotopic (exact) mass is 194 g/mol. The van der Waals surface area contributed by atoms with E-state index in [2.05, 4.69) is 0 Å². The Balaban J connectivity index is 2.69. The van der Waals surface area contributed by atoms with Crippen molar-refractivity contribution in [2.24, 2.45) is 5.92 Å². The molecule has 0 N–H and O–H groups in total. The maximum absolute atomic E-state index is 13.2. The van der Waals surface area contributed by atoms with Gasteiger partial charge in [-0.25, -0.2) is 4.39 Å². The van der Waals surface area contributed by atoms with Crippen LogP contribution in [0.4, 0.5) is 4.39 Å². The molecule has 0 aromatic heterocycles. The van der Waals surface area contributed by atoms with E-state index >= 15 is 0 Å². The molecular weight excluding hydrogens is 179 g/mol. The van der Waals surface area contributed by atoms with E-state index in [0.717, 1.165) is 0 Å². The van der Waals surface area contributed by atoms with E-state index in [4.69, 9.17) is 0 Å². The zero-order valence-electron chi connectivity index (χ0n) is 8.59. The van der Waals surface area contributed by atoms with E-state index in [1.165, 1.54) is 6.07 Å². The van der Waals surface area contributed by atoms with Gasteiger partial charge in [0.1, 0.15) is 11.6 Å². The highest BCUT2D eigenvalue weighted by atomic mass is 19.1. The largest absolute Gasteiger partial charge is 0.299 e. The first kappa shape index (κ1) is 10.9. The molecule has 0 bridgehead atoms. The van der Waals surface area contributed by atoms with Crippen LogP contribution in [0.3, 0.4) is 0 Å². The van der Waals surface area contributed by atoms with Crippen LogP contribution < -0.4 is 0 Å². The Morgan fingerprint density at radius 1 is 1.43 bits per heavy atom. The lowest BCUT2D eigenvalue weighted by Gasteiger charge is -2.09. The summed E-state index contributed by atoms with van der Waals surface area (Å²) in [5.41, 5.74) is 0.627. The number of benzene rings is 1. The third-order valence-corrected chi connectivity index (χ3v) is 2.38. The van der Waals surface area contributed by atoms with Crippen molar-refractivity contribution < 1.29 is 9.18 Å². The molecule has 0 amide bonds. The van der Waals surface area contributed by atoms with Gasteiger partial charge in [0, 0.05) is 12.3 Å². The summed E-state index contributed by atoms with van der Waals surface area (Å²) in [6.07, 6.45) is 1.02. The lowest BCUT2D eigenvalue weighted by Crippen LogP contribution is -2.12. The summed E-state index contributed by atoms with van der Waals surface area (Å²) in [7, 11) is 0. The van der Waals surface area contributed by atoms with Gasteiger partial charge >= 0.3 is 0 Å². The van der Waals surface area contributed by atoms with Gasteiger partial charge in [0.25, 0.3) is 0 Å².